The molecule has 1 saturated heterocycles. The minimum atomic E-state index is -0.340. The second-order valence-electron chi connectivity index (χ2n) is 5.10. The number of rotatable bonds is 2. The smallest absolute Gasteiger partial charge is 0.223 e. The Morgan fingerprint density at radius 1 is 0.952 bits per heavy atom. The Balaban J connectivity index is 1.69. The highest BCUT2D eigenvalue weighted by atomic mass is 16.7. The third kappa shape index (κ3) is 2.58. The van der Waals surface area contributed by atoms with Crippen molar-refractivity contribution in [2.75, 3.05) is 19.8 Å². The van der Waals surface area contributed by atoms with Gasteiger partial charge in [-0.3, -0.25) is 0 Å². The molecule has 1 fully saturated rings. The summed E-state index contributed by atoms with van der Waals surface area (Å²) in [5, 5.41) is 4.64. The molecule has 4 rings (SSSR count). The van der Waals surface area contributed by atoms with Gasteiger partial charge in [-0.15, -0.1) is 0 Å². The second kappa shape index (κ2) is 5.35. The molecule has 0 aliphatic carbocycles. The van der Waals surface area contributed by atoms with Crippen LogP contribution in [-0.4, -0.2) is 26.1 Å². The molecule has 1 aliphatic rings. The highest BCUT2D eigenvalue weighted by molar-refractivity contribution is 5.98. The topological polar surface area (TPSA) is 27.7 Å². The van der Waals surface area contributed by atoms with Gasteiger partial charge in [0.05, 0.1) is 13.2 Å². The van der Waals surface area contributed by atoms with Gasteiger partial charge in [0, 0.05) is 6.07 Å². The Morgan fingerprint density at radius 2 is 1.81 bits per heavy atom. The van der Waals surface area contributed by atoms with Gasteiger partial charge in [0.2, 0.25) is 6.29 Å². The van der Waals surface area contributed by atoms with Crippen molar-refractivity contribution in [3.63, 3.8) is 0 Å². The molecular weight excluding hydrogens is 264 g/mol. The lowest BCUT2D eigenvalue weighted by atomic mass is 10.0. The zero-order valence-electron chi connectivity index (χ0n) is 11.5. The van der Waals surface area contributed by atoms with Crippen LogP contribution in [0.5, 0.6) is 5.75 Å². The Bertz CT molecular complexity index is 776. The van der Waals surface area contributed by atoms with E-state index in [2.05, 4.69) is 42.5 Å². The van der Waals surface area contributed by atoms with Gasteiger partial charge in [-0.1, -0.05) is 30.3 Å². The number of hydrogen-bond acceptors (Lipinski definition) is 3. The molecule has 3 aromatic rings. The summed E-state index contributed by atoms with van der Waals surface area (Å²) in [6.45, 7) is 1.67. The maximum Gasteiger partial charge on any atom is 0.223 e. The van der Waals surface area contributed by atoms with Crippen molar-refractivity contribution >= 4 is 21.5 Å². The van der Waals surface area contributed by atoms with E-state index in [-0.39, 0.29) is 6.29 Å². The summed E-state index contributed by atoms with van der Waals surface area (Å²) in [6.07, 6.45) is -0.340. The Kier molecular flexibility index (Phi) is 3.22. The first-order valence-corrected chi connectivity index (χ1v) is 7.09. The lowest BCUT2D eigenvalue weighted by molar-refractivity contribution is -0.170. The van der Waals surface area contributed by atoms with Gasteiger partial charge in [0.1, 0.15) is 12.4 Å². The van der Waals surface area contributed by atoms with Gasteiger partial charge in [0.15, 0.2) is 0 Å². The molecule has 1 heterocycles. The fourth-order valence-electron chi connectivity index (χ4n) is 2.59. The Hall–Kier alpha value is -2.10. The lowest BCUT2D eigenvalue weighted by Crippen LogP contribution is -2.33. The zero-order chi connectivity index (χ0) is 14.1. The van der Waals surface area contributed by atoms with Gasteiger partial charge in [0.25, 0.3) is 0 Å². The molecule has 0 amide bonds. The molecule has 1 atom stereocenters. The van der Waals surface area contributed by atoms with Crippen LogP contribution >= 0.6 is 0 Å². The molecule has 3 heteroatoms. The van der Waals surface area contributed by atoms with Crippen LogP contribution in [-0.2, 0) is 9.47 Å². The van der Waals surface area contributed by atoms with Gasteiger partial charge < -0.3 is 14.2 Å². The van der Waals surface area contributed by atoms with Crippen molar-refractivity contribution in [2.24, 2.45) is 0 Å². The van der Waals surface area contributed by atoms with E-state index in [4.69, 9.17) is 14.2 Å². The van der Waals surface area contributed by atoms with E-state index in [1.165, 1.54) is 10.8 Å². The third-order valence-corrected chi connectivity index (χ3v) is 3.63. The van der Waals surface area contributed by atoms with Gasteiger partial charge >= 0.3 is 0 Å². The predicted octanol–water partition coefficient (Wildman–Crippen LogP) is 3.54. The SMILES string of the molecule is [c]1c(OC2COCCO2)ccc2cc3ccccc3cc12. The highest BCUT2D eigenvalue weighted by Crippen LogP contribution is 2.26. The van der Waals surface area contributed by atoms with E-state index < -0.39 is 0 Å². The second-order valence-corrected chi connectivity index (χ2v) is 5.10. The average molecular weight is 279 g/mol. The Morgan fingerprint density at radius 3 is 2.62 bits per heavy atom. The molecule has 1 unspecified atom stereocenters. The van der Waals surface area contributed by atoms with Crippen molar-refractivity contribution in [1.29, 1.82) is 0 Å². The minimum Gasteiger partial charge on any atom is -0.462 e. The Labute approximate surface area is 123 Å². The lowest BCUT2D eigenvalue weighted by Gasteiger charge is -2.23. The molecule has 21 heavy (non-hydrogen) atoms. The van der Waals surface area contributed by atoms with Crippen molar-refractivity contribution in [2.45, 2.75) is 6.29 Å². The zero-order valence-corrected chi connectivity index (χ0v) is 11.5. The molecule has 105 valence electrons. The third-order valence-electron chi connectivity index (χ3n) is 3.63. The van der Waals surface area contributed by atoms with Crippen LogP contribution in [0.25, 0.3) is 21.5 Å². The molecular formula is C18H15O3. The van der Waals surface area contributed by atoms with E-state index in [0.29, 0.717) is 25.6 Å². The molecule has 1 aliphatic heterocycles. The van der Waals surface area contributed by atoms with E-state index in [9.17, 15) is 0 Å². The van der Waals surface area contributed by atoms with Crippen LogP contribution in [0.15, 0.2) is 48.5 Å². The fourth-order valence-corrected chi connectivity index (χ4v) is 2.59. The number of hydrogen-bond donors (Lipinski definition) is 0. The molecule has 1 radical (unpaired) electrons. The van der Waals surface area contributed by atoms with E-state index >= 15 is 0 Å². The first-order chi connectivity index (χ1) is 10.4. The van der Waals surface area contributed by atoms with Gasteiger partial charge in [-0.25, -0.2) is 0 Å². The number of benzene rings is 3. The fraction of sp³-hybridized carbons (Fsp3) is 0.222. The molecule has 3 aromatic carbocycles. The summed E-state index contributed by atoms with van der Waals surface area (Å²) in [7, 11) is 0. The summed E-state index contributed by atoms with van der Waals surface area (Å²) >= 11 is 0. The van der Waals surface area contributed by atoms with Gasteiger partial charge in [-0.05, 0) is 39.7 Å². The molecule has 0 bridgehead atoms. The van der Waals surface area contributed by atoms with E-state index in [1.54, 1.807) is 0 Å². The van der Waals surface area contributed by atoms with Crippen molar-refractivity contribution in [3.8, 4) is 5.75 Å². The summed E-state index contributed by atoms with van der Waals surface area (Å²) in [4.78, 5) is 0. The van der Waals surface area contributed by atoms with Crippen molar-refractivity contribution in [3.05, 3.63) is 54.6 Å². The quantitative estimate of drug-likeness (QED) is 0.671. The van der Waals surface area contributed by atoms with Crippen LogP contribution < -0.4 is 4.74 Å². The van der Waals surface area contributed by atoms with Crippen LogP contribution in [0.3, 0.4) is 0 Å². The van der Waals surface area contributed by atoms with Crippen molar-refractivity contribution < 1.29 is 14.2 Å². The normalized spacial score (nSPS) is 19.0. The molecule has 3 nitrogen and oxygen atoms in total. The molecule has 0 saturated carbocycles. The largest absolute Gasteiger partial charge is 0.462 e. The van der Waals surface area contributed by atoms with E-state index in [0.717, 1.165) is 10.8 Å². The first-order valence-electron chi connectivity index (χ1n) is 7.09. The molecule has 0 aromatic heterocycles. The number of ether oxygens (including phenoxy) is 3. The van der Waals surface area contributed by atoms with Crippen LogP contribution in [0, 0.1) is 6.07 Å². The summed E-state index contributed by atoms with van der Waals surface area (Å²) in [5.74, 6) is 0.688. The monoisotopic (exact) mass is 279 g/mol. The van der Waals surface area contributed by atoms with Gasteiger partial charge in [-0.2, -0.15) is 0 Å². The van der Waals surface area contributed by atoms with E-state index in [1.807, 2.05) is 12.1 Å². The summed E-state index contributed by atoms with van der Waals surface area (Å²) in [6, 6.07) is 19.9. The van der Waals surface area contributed by atoms with Crippen LogP contribution in [0.1, 0.15) is 0 Å². The number of fused-ring (bicyclic) bond motifs is 2. The van der Waals surface area contributed by atoms with Crippen LogP contribution in [0.2, 0.25) is 0 Å². The predicted molar refractivity (Wildman–Crippen MR) is 81.5 cm³/mol. The summed E-state index contributed by atoms with van der Waals surface area (Å²) < 4.78 is 16.6. The summed E-state index contributed by atoms with van der Waals surface area (Å²) in [5.41, 5.74) is 0. The average Bonchev–Trinajstić information content (AvgIpc) is 2.54. The van der Waals surface area contributed by atoms with Crippen LogP contribution in [0.4, 0.5) is 0 Å². The molecule has 0 N–H and O–H groups in total. The minimum absolute atomic E-state index is 0.340. The first kappa shape index (κ1) is 12.6. The van der Waals surface area contributed by atoms with Crippen molar-refractivity contribution in [1.82, 2.24) is 0 Å². The molecule has 0 spiro atoms. The maximum absolute atomic E-state index is 5.77. The highest BCUT2D eigenvalue weighted by Gasteiger charge is 2.15. The maximum atomic E-state index is 5.77. The standard InChI is InChI=1S/C18H15O3/c1-2-4-14-10-16-11-17(21-18-12-19-7-8-20-18)6-5-15(16)9-13(14)3-1/h1-6,9-10,18H,7-8,12H2.